The van der Waals surface area contributed by atoms with Gasteiger partial charge in [-0.15, -0.1) is 0 Å². The fourth-order valence-electron chi connectivity index (χ4n) is 3.80. The van der Waals surface area contributed by atoms with Gasteiger partial charge in [0.15, 0.2) is 11.5 Å². The highest BCUT2D eigenvalue weighted by Crippen LogP contribution is 2.34. The number of hydrogen-bond acceptors (Lipinski definition) is 7. The van der Waals surface area contributed by atoms with E-state index in [1.54, 1.807) is 44.4 Å². The van der Waals surface area contributed by atoms with Crippen molar-refractivity contribution in [3.63, 3.8) is 0 Å². The molecule has 1 atom stereocenters. The van der Waals surface area contributed by atoms with Crippen molar-refractivity contribution in [3.8, 4) is 17.2 Å². The van der Waals surface area contributed by atoms with Gasteiger partial charge < -0.3 is 24.4 Å². The SMILES string of the molecule is COc1cccc(CN(C(=O)CN(c2ccc3c(c2)OCCO3)S(C)(=O)=O)C(C)C(=O)NCC(C)C)c1. The molecule has 0 radical (unpaired) electrons. The topological polar surface area (TPSA) is 114 Å². The lowest BCUT2D eigenvalue weighted by Gasteiger charge is -2.32. The zero-order chi connectivity index (χ0) is 27.2. The minimum Gasteiger partial charge on any atom is -0.497 e. The van der Waals surface area contributed by atoms with Crippen LogP contribution in [0, 0.1) is 5.92 Å². The van der Waals surface area contributed by atoms with Crippen LogP contribution in [0.3, 0.4) is 0 Å². The van der Waals surface area contributed by atoms with Crippen LogP contribution in [0.15, 0.2) is 42.5 Å². The Morgan fingerprint density at radius 3 is 2.41 bits per heavy atom. The Labute approximate surface area is 218 Å². The normalized spacial score (nSPS) is 13.6. The maximum Gasteiger partial charge on any atom is 0.244 e. The summed E-state index contributed by atoms with van der Waals surface area (Å²) in [5, 5.41) is 2.86. The summed E-state index contributed by atoms with van der Waals surface area (Å²) in [6, 6.07) is 11.0. The van der Waals surface area contributed by atoms with E-state index < -0.39 is 28.5 Å². The summed E-state index contributed by atoms with van der Waals surface area (Å²) >= 11 is 0. The molecule has 3 rings (SSSR count). The summed E-state index contributed by atoms with van der Waals surface area (Å²) in [5.41, 5.74) is 1.000. The van der Waals surface area contributed by atoms with E-state index in [-0.39, 0.29) is 24.1 Å². The van der Waals surface area contributed by atoms with Gasteiger partial charge in [0.1, 0.15) is 31.5 Å². The van der Waals surface area contributed by atoms with Gasteiger partial charge in [-0.2, -0.15) is 0 Å². The van der Waals surface area contributed by atoms with Crippen molar-refractivity contribution in [3.05, 3.63) is 48.0 Å². The summed E-state index contributed by atoms with van der Waals surface area (Å²) in [6.45, 7) is 6.36. The van der Waals surface area contributed by atoms with Gasteiger partial charge in [-0.3, -0.25) is 13.9 Å². The van der Waals surface area contributed by atoms with Gasteiger partial charge >= 0.3 is 0 Å². The Morgan fingerprint density at radius 1 is 1.05 bits per heavy atom. The molecule has 0 aliphatic carbocycles. The first kappa shape index (κ1) is 28.1. The van der Waals surface area contributed by atoms with E-state index >= 15 is 0 Å². The number of ether oxygens (including phenoxy) is 3. The Kier molecular flexibility index (Phi) is 9.25. The summed E-state index contributed by atoms with van der Waals surface area (Å²) in [7, 11) is -2.31. The number of amides is 2. The zero-order valence-electron chi connectivity index (χ0n) is 21.9. The Balaban J connectivity index is 1.91. The average molecular weight is 534 g/mol. The Hall–Kier alpha value is -3.47. The first-order valence-corrected chi connectivity index (χ1v) is 13.9. The minimum atomic E-state index is -3.86. The standard InChI is InChI=1S/C26H35N3O7S/c1-18(2)15-27-26(31)19(3)28(16-20-7-6-8-22(13-20)34-4)25(30)17-29(37(5,32)33)21-9-10-23-24(14-21)36-12-11-35-23/h6-10,13-14,18-19H,11-12,15-17H2,1-5H3,(H,27,31). The van der Waals surface area contributed by atoms with Crippen molar-refractivity contribution in [2.45, 2.75) is 33.4 Å². The molecule has 1 aliphatic heterocycles. The fraction of sp³-hybridized carbons (Fsp3) is 0.462. The van der Waals surface area contributed by atoms with Gasteiger partial charge in [0.05, 0.1) is 19.1 Å². The highest BCUT2D eigenvalue weighted by Gasteiger charge is 2.30. The number of benzene rings is 2. The monoisotopic (exact) mass is 533 g/mol. The minimum absolute atomic E-state index is 0.0883. The third kappa shape index (κ3) is 7.51. The van der Waals surface area contributed by atoms with Crippen LogP contribution in [0.25, 0.3) is 0 Å². The van der Waals surface area contributed by atoms with Gasteiger partial charge in [0, 0.05) is 19.2 Å². The molecule has 2 aromatic carbocycles. The number of fused-ring (bicyclic) bond motifs is 1. The van der Waals surface area contributed by atoms with Crippen LogP contribution in [0.1, 0.15) is 26.3 Å². The van der Waals surface area contributed by atoms with Gasteiger partial charge in [-0.25, -0.2) is 8.42 Å². The van der Waals surface area contributed by atoms with Crippen molar-refractivity contribution in [1.29, 1.82) is 0 Å². The van der Waals surface area contributed by atoms with Gasteiger partial charge in [-0.05, 0) is 42.7 Å². The predicted molar refractivity (Wildman–Crippen MR) is 140 cm³/mol. The molecule has 0 fully saturated rings. The Morgan fingerprint density at radius 2 is 1.76 bits per heavy atom. The van der Waals surface area contributed by atoms with Crippen molar-refractivity contribution < 1.29 is 32.2 Å². The van der Waals surface area contributed by atoms with E-state index in [1.807, 2.05) is 19.9 Å². The summed E-state index contributed by atoms with van der Waals surface area (Å²) in [4.78, 5) is 28.0. The molecule has 2 amide bonds. The third-order valence-corrected chi connectivity index (χ3v) is 6.97. The van der Waals surface area contributed by atoms with E-state index in [2.05, 4.69) is 5.32 Å². The molecular weight excluding hydrogens is 498 g/mol. The number of carbonyl (C=O) groups excluding carboxylic acids is 2. The fourth-order valence-corrected chi connectivity index (χ4v) is 4.64. The van der Waals surface area contributed by atoms with E-state index in [9.17, 15) is 18.0 Å². The van der Waals surface area contributed by atoms with Crippen LogP contribution in [-0.2, 0) is 26.2 Å². The van der Waals surface area contributed by atoms with Crippen LogP contribution in [0.4, 0.5) is 5.69 Å². The molecule has 0 spiro atoms. The summed E-state index contributed by atoms with van der Waals surface area (Å²) in [6.07, 6.45) is 1.03. The molecule has 0 saturated heterocycles. The van der Waals surface area contributed by atoms with Crippen molar-refractivity contribution in [1.82, 2.24) is 10.2 Å². The number of rotatable bonds is 11. The van der Waals surface area contributed by atoms with E-state index in [1.165, 1.54) is 11.0 Å². The number of anilines is 1. The molecule has 10 nitrogen and oxygen atoms in total. The first-order chi connectivity index (χ1) is 17.5. The number of carbonyl (C=O) groups is 2. The second kappa shape index (κ2) is 12.2. The molecule has 1 N–H and O–H groups in total. The van der Waals surface area contributed by atoms with Crippen molar-refractivity contribution in [2.75, 3.05) is 44.0 Å². The highest BCUT2D eigenvalue weighted by atomic mass is 32.2. The Bertz CT molecular complexity index is 1220. The number of sulfonamides is 1. The number of nitrogens with zero attached hydrogens (tertiary/aromatic N) is 2. The molecule has 0 bridgehead atoms. The molecule has 1 heterocycles. The van der Waals surface area contributed by atoms with E-state index in [0.29, 0.717) is 37.0 Å². The first-order valence-electron chi connectivity index (χ1n) is 12.1. The molecular formula is C26H35N3O7S. The lowest BCUT2D eigenvalue weighted by atomic mass is 10.1. The van der Waals surface area contributed by atoms with Gasteiger partial charge in [-0.1, -0.05) is 26.0 Å². The maximum atomic E-state index is 13.7. The van der Waals surface area contributed by atoms with E-state index in [4.69, 9.17) is 14.2 Å². The van der Waals surface area contributed by atoms with Gasteiger partial charge in [0.25, 0.3) is 0 Å². The molecule has 37 heavy (non-hydrogen) atoms. The van der Waals surface area contributed by atoms with Crippen LogP contribution in [0.2, 0.25) is 0 Å². The largest absolute Gasteiger partial charge is 0.497 e. The van der Waals surface area contributed by atoms with Crippen LogP contribution in [-0.4, -0.2) is 70.8 Å². The molecule has 2 aromatic rings. The molecule has 0 aromatic heterocycles. The summed E-state index contributed by atoms with van der Waals surface area (Å²) in [5.74, 6) is 0.889. The van der Waals surface area contributed by atoms with Crippen molar-refractivity contribution in [2.24, 2.45) is 5.92 Å². The van der Waals surface area contributed by atoms with Crippen molar-refractivity contribution >= 4 is 27.5 Å². The lowest BCUT2D eigenvalue weighted by Crippen LogP contribution is -2.51. The highest BCUT2D eigenvalue weighted by molar-refractivity contribution is 7.92. The smallest absolute Gasteiger partial charge is 0.244 e. The predicted octanol–water partition coefficient (Wildman–Crippen LogP) is 2.42. The van der Waals surface area contributed by atoms with Crippen LogP contribution >= 0.6 is 0 Å². The number of nitrogens with one attached hydrogen (secondary N) is 1. The third-order valence-electron chi connectivity index (χ3n) is 5.83. The molecule has 202 valence electrons. The molecule has 11 heteroatoms. The lowest BCUT2D eigenvalue weighted by molar-refractivity contribution is -0.139. The molecule has 1 aliphatic rings. The quantitative estimate of drug-likeness (QED) is 0.472. The molecule has 1 unspecified atom stereocenters. The summed E-state index contributed by atoms with van der Waals surface area (Å²) < 4.78 is 42.9. The van der Waals surface area contributed by atoms with E-state index in [0.717, 1.165) is 16.1 Å². The second-order valence-electron chi connectivity index (χ2n) is 9.29. The zero-order valence-corrected chi connectivity index (χ0v) is 22.7. The average Bonchev–Trinajstić information content (AvgIpc) is 2.87. The van der Waals surface area contributed by atoms with Crippen LogP contribution < -0.4 is 23.8 Å². The maximum absolute atomic E-state index is 13.7. The number of hydrogen-bond donors (Lipinski definition) is 1. The number of methoxy groups -OCH3 is 1. The van der Waals surface area contributed by atoms with Gasteiger partial charge in [0.2, 0.25) is 21.8 Å². The second-order valence-corrected chi connectivity index (χ2v) is 11.2. The molecule has 0 saturated carbocycles. The van der Waals surface area contributed by atoms with Crippen LogP contribution in [0.5, 0.6) is 17.2 Å².